The number of rotatable bonds is 3. The zero-order valence-electron chi connectivity index (χ0n) is 5.51. The predicted octanol–water partition coefficient (Wildman–Crippen LogP) is 1.08. The lowest BCUT2D eigenvalue weighted by Crippen LogP contribution is -1.97. The van der Waals surface area contributed by atoms with Gasteiger partial charge in [-0.3, -0.25) is 4.99 Å². The summed E-state index contributed by atoms with van der Waals surface area (Å²) in [5.41, 5.74) is 6.54. The van der Waals surface area contributed by atoms with Gasteiger partial charge in [-0.1, -0.05) is 6.08 Å². The first-order valence-electron chi connectivity index (χ1n) is 3.35. The van der Waals surface area contributed by atoms with Crippen LogP contribution in [0.25, 0.3) is 0 Å². The molecule has 2 heteroatoms. The Hall–Kier alpha value is -0.630. The highest BCUT2D eigenvalue weighted by Gasteiger charge is 1.96. The number of hydrogen-bond donors (Lipinski definition) is 1. The molecule has 0 spiro atoms. The third kappa shape index (κ3) is 1.98. The summed E-state index contributed by atoms with van der Waals surface area (Å²) in [6.45, 7) is 0.771. The second-order valence-corrected chi connectivity index (χ2v) is 2.14. The van der Waals surface area contributed by atoms with Gasteiger partial charge in [0.1, 0.15) is 0 Å². The van der Waals surface area contributed by atoms with Gasteiger partial charge in [0.2, 0.25) is 0 Å². The molecular weight excluding hydrogens is 112 g/mol. The zero-order chi connectivity index (χ0) is 6.53. The van der Waals surface area contributed by atoms with E-state index in [4.69, 9.17) is 5.73 Å². The number of nitrogens with two attached hydrogens (primary N) is 1. The molecule has 0 amide bonds. The SMILES string of the molecule is NCCCC1=CCC=N1. The van der Waals surface area contributed by atoms with Crippen molar-refractivity contribution in [1.82, 2.24) is 0 Å². The minimum absolute atomic E-state index is 0.771. The Labute approximate surface area is 55.5 Å². The van der Waals surface area contributed by atoms with E-state index in [2.05, 4.69) is 11.1 Å². The van der Waals surface area contributed by atoms with Crippen LogP contribution < -0.4 is 5.73 Å². The van der Waals surface area contributed by atoms with Crippen molar-refractivity contribution in [2.24, 2.45) is 10.7 Å². The maximum absolute atomic E-state index is 5.33. The van der Waals surface area contributed by atoms with Gasteiger partial charge >= 0.3 is 0 Å². The molecule has 0 aromatic carbocycles. The fourth-order valence-corrected chi connectivity index (χ4v) is 0.861. The summed E-state index contributed by atoms with van der Waals surface area (Å²) in [5, 5.41) is 0. The van der Waals surface area contributed by atoms with Crippen LogP contribution in [0.3, 0.4) is 0 Å². The smallest absolute Gasteiger partial charge is 0.0364 e. The molecule has 0 aromatic heterocycles. The van der Waals surface area contributed by atoms with Crippen molar-refractivity contribution in [3.05, 3.63) is 11.8 Å². The lowest BCUT2D eigenvalue weighted by molar-refractivity contribution is 0.818. The largest absolute Gasteiger partial charge is 0.330 e. The average Bonchev–Trinajstić information content (AvgIpc) is 2.34. The van der Waals surface area contributed by atoms with E-state index >= 15 is 0 Å². The van der Waals surface area contributed by atoms with Crippen LogP contribution >= 0.6 is 0 Å². The summed E-state index contributed by atoms with van der Waals surface area (Å²) in [6.07, 6.45) is 7.21. The van der Waals surface area contributed by atoms with Crippen LogP contribution in [-0.2, 0) is 0 Å². The van der Waals surface area contributed by atoms with E-state index < -0.39 is 0 Å². The van der Waals surface area contributed by atoms with Crippen molar-refractivity contribution in [2.75, 3.05) is 6.54 Å². The number of nitrogens with zero attached hydrogens (tertiary/aromatic N) is 1. The van der Waals surface area contributed by atoms with Crippen LogP contribution in [0.1, 0.15) is 19.3 Å². The van der Waals surface area contributed by atoms with Gasteiger partial charge in [0.05, 0.1) is 0 Å². The third-order valence-corrected chi connectivity index (χ3v) is 1.35. The van der Waals surface area contributed by atoms with Crippen molar-refractivity contribution < 1.29 is 0 Å². The molecule has 0 fully saturated rings. The Morgan fingerprint density at radius 2 is 2.56 bits per heavy atom. The first kappa shape index (κ1) is 6.49. The van der Waals surface area contributed by atoms with Gasteiger partial charge in [0, 0.05) is 18.3 Å². The van der Waals surface area contributed by atoms with E-state index in [9.17, 15) is 0 Å². The van der Waals surface area contributed by atoms with E-state index in [0.29, 0.717) is 0 Å². The highest BCUT2D eigenvalue weighted by molar-refractivity contribution is 5.64. The summed E-state index contributed by atoms with van der Waals surface area (Å²) in [7, 11) is 0. The molecule has 9 heavy (non-hydrogen) atoms. The van der Waals surface area contributed by atoms with E-state index in [1.54, 1.807) is 0 Å². The lowest BCUT2D eigenvalue weighted by Gasteiger charge is -1.93. The summed E-state index contributed by atoms with van der Waals surface area (Å²) in [6, 6.07) is 0. The Morgan fingerprint density at radius 3 is 3.11 bits per heavy atom. The van der Waals surface area contributed by atoms with Crippen molar-refractivity contribution in [3.63, 3.8) is 0 Å². The number of hydrogen-bond acceptors (Lipinski definition) is 2. The van der Waals surface area contributed by atoms with Crippen molar-refractivity contribution in [3.8, 4) is 0 Å². The van der Waals surface area contributed by atoms with E-state index in [0.717, 1.165) is 25.8 Å². The monoisotopic (exact) mass is 124 g/mol. The van der Waals surface area contributed by atoms with Gasteiger partial charge in [0.25, 0.3) is 0 Å². The minimum atomic E-state index is 0.771. The first-order valence-corrected chi connectivity index (χ1v) is 3.35. The first-order chi connectivity index (χ1) is 4.43. The molecule has 0 aliphatic carbocycles. The van der Waals surface area contributed by atoms with Crippen molar-refractivity contribution in [2.45, 2.75) is 19.3 Å². The average molecular weight is 124 g/mol. The van der Waals surface area contributed by atoms with Crippen molar-refractivity contribution in [1.29, 1.82) is 0 Å². The van der Waals surface area contributed by atoms with Gasteiger partial charge < -0.3 is 5.73 Å². The van der Waals surface area contributed by atoms with Gasteiger partial charge in [0.15, 0.2) is 0 Å². The Morgan fingerprint density at radius 1 is 1.67 bits per heavy atom. The van der Waals surface area contributed by atoms with Crippen LogP contribution in [0.5, 0.6) is 0 Å². The molecule has 1 aliphatic rings. The summed E-state index contributed by atoms with van der Waals surface area (Å²) in [4.78, 5) is 4.15. The summed E-state index contributed by atoms with van der Waals surface area (Å²) < 4.78 is 0. The Kier molecular flexibility index (Phi) is 2.46. The third-order valence-electron chi connectivity index (χ3n) is 1.35. The normalized spacial score (nSPS) is 16.3. The molecular formula is C7H12N2. The molecule has 0 saturated heterocycles. The second kappa shape index (κ2) is 3.41. The molecule has 2 N–H and O–H groups in total. The number of aliphatic imine (C=N–C) groups is 1. The molecule has 0 bridgehead atoms. The van der Waals surface area contributed by atoms with Crippen LogP contribution in [0.4, 0.5) is 0 Å². The zero-order valence-corrected chi connectivity index (χ0v) is 5.51. The highest BCUT2D eigenvalue weighted by Crippen LogP contribution is 2.10. The maximum Gasteiger partial charge on any atom is 0.0364 e. The van der Waals surface area contributed by atoms with Gasteiger partial charge in [-0.2, -0.15) is 0 Å². The van der Waals surface area contributed by atoms with E-state index in [1.807, 2.05) is 6.21 Å². The highest BCUT2D eigenvalue weighted by atomic mass is 14.7. The topological polar surface area (TPSA) is 38.4 Å². The molecule has 0 radical (unpaired) electrons. The van der Waals surface area contributed by atoms with E-state index in [1.165, 1.54) is 5.70 Å². The van der Waals surface area contributed by atoms with E-state index in [-0.39, 0.29) is 0 Å². The standard InChI is InChI=1S/C7H12N2/c8-5-1-3-7-4-2-6-9-7/h4,6H,1-3,5,8H2. The Balaban J connectivity index is 2.19. The van der Waals surface area contributed by atoms with Gasteiger partial charge in [-0.05, 0) is 19.4 Å². The quantitative estimate of drug-likeness (QED) is 0.600. The minimum Gasteiger partial charge on any atom is -0.330 e. The van der Waals surface area contributed by atoms with Crippen LogP contribution in [0, 0.1) is 0 Å². The number of allylic oxidation sites excluding steroid dienone is 2. The second-order valence-electron chi connectivity index (χ2n) is 2.14. The maximum atomic E-state index is 5.33. The molecule has 0 atom stereocenters. The molecule has 0 unspecified atom stereocenters. The summed E-state index contributed by atoms with van der Waals surface area (Å²) >= 11 is 0. The predicted molar refractivity (Wildman–Crippen MR) is 39.5 cm³/mol. The van der Waals surface area contributed by atoms with Crippen LogP contribution in [0.15, 0.2) is 16.8 Å². The Bertz CT molecular complexity index is 136. The fraction of sp³-hybridized carbons (Fsp3) is 0.571. The van der Waals surface area contributed by atoms with Gasteiger partial charge in [-0.15, -0.1) is 0 Å². The lowest BCUT2D eigenvalue weighted by atomic mass is 10.2. The molecule has 2 nitrogen and oxygen atoms in total. The molecule has 1 heterocycles. The van der Waals surface area contributed by atoms with Gasteiger partial charge in [-0.25, -0.2) is 0 Å². The molecule has 0 aromatic rings. The van der Waals surface area contributed by atoms with Crippen molar-refractivity contribution >= 4 is 6.21 Å². The fourth-order valence-electron chi connectivity index (χ4n) is 0.861. The summed E-state index contributed by atoms with van der Waals surface area (Å²) in [5.74, 6) is 0. The molecule has 50 valence electrons. The molecule has 1 rings (SSSR count). The van der Waals surface area contributed by atoms with Crippen LogP contribution in [-0.4, -0.2) is 12.8 Å². The van der Waals surface area contributed by atoms with Crippen LogP contribution in [0.2, 0.25) is 0 Å². The molecule has 1 aliphatic heterocycles. The molecule has 0 saturated carbocycles.